The maximum atomic E-state index is 12.8. The molecule has 1 atom stereocenters. The molecule has 0 amide bonds. The van der Waals surface area contributed by atoms with Gasteiger partial charge in [-0.3, -0.25) is 4.79 Å². The van der Waals surface area contributed by atoms with E-state index in [0.29, 0.717) is 0 Å². The Balaban J connectivity index is 2.97. The fourth-order valence-corrected chi connectivity index (χ4v) is 2.87. The van der Waals surface area contributed by atoms with Gasteiger partial charge in [0, 0.05) is 0 Å². The SMILES string of the molecule is CCOC(=O)[C@@H](NS(=O)(=O)c1ccc(F)cc1)C(C)C. The number of nitrogens with one attached hydrogen (secondary N) is 1. The highest BCUT2D eigenvalue weighted by Crippen LogP contribution is 2.13. The average molecular weight is 303 g/mol. The highest BCUT2D eigenvalue weighted by atomic mass is 32.2. The smallest absolute Gasteiger partial charge is 0.324 e. The lowest BCUT2D eigenvalue weighted by atomic mass is 10.1. The largest absolute Gasteiger partial charge is 0.465 e. The first-order chi connectivity index (χ1) is 9.27. The average Bonchev–Trinajstić information content (AvgIpc) is 2.36. The highest BCUT2D eigenvalue weighted by molar-refractivity contribution is 7.89. The van der Waals surface area contributed by atoms with Gasteiger partial charge >= 0.3 is 5.97 Å². The van der Waals surface area contributed by atoms with E-state index < -0.39 is 27.9 Å². The number of hydrogen-bond donors (Lipinski definition) is 1. The Morgan fingerprint density at radius 2 is 1.85 bits per heavy atom. The Labute approximate surface area is 118 Å². The molecule has 0 spiro atoms. The molecule has 0 radical (unpaired) electrons. The van der Waals surface area contributed by atoms with Crippen LogP contribution in [0.4, 0.5) is 4.39 Å². The fraction of sp³-hybridized carbons (Fsp3) is 0.462. The molecule has 0 saturated carbocycles. The van der Waals surface area contributed by atoms with Crippen LogP contribution >= 0.6 is 0 Å². The lowest BCUT2D eigenvalue weighted by Gasteiger charge is -2.20. The van der Waals surface area contributed by atoms with Gasteiger partial charge in [-0.1, -0.05) is 13.8 Å². The number of benzene rings is 1. The first-order valence-corrected chi connectivity index (χ1v) is 7.70. The van der Waals surface area contributed by atoms with E-state index in [0.717, 1.165) is 24.3 Å². The first-order valence-electron chi connectivity index (χ1n) is 6.22. The molecule has 0 aliphatic heterocycles. The van der Waals surface area contributed by atoms with Gasteiger partial charge in [0.2, 0.25) is 10.0 Å². The van der Waals surface area contributed by atoms with Gasteiger partial charge in [0.05, 0.1) is 11.5 Å². The van der Waals surface area contributed by atoms with Crippen molar-refractivity contribution in [2.45, 2.75) is 31.7 Å². The highest BCUT2D eigenvalue weighted by Gasteiger charge is 2.29. The molecule has 0 unspecified atom stereocenters. The number of ether oxygens (including phenoxy) is 1. The van der Waals surface area contributed by atoms with E-state index in [1.54, 1.807) is 20.8 Å². The molecule has 1 aromatic carbocycles. The number of sulfonamides is 1. The second-order valence-electron chi connectivity index (χ2n) is 4.55. The van der Waals surface area contributed by atoms with E-state index >= 15 is 0 Å². The van der Waals surface area contributed by atoms with Crippen molar-refractivity contribution < 1.29 is 22.3 Å². The van der Waals surface area contributed by atoms with Crippen LogP contribution in [0.3, 0.4) is 0 Å². The fourth-order valence-electron chi connectivity index (χ4n) is 1.54. The third-order valence-corrected chi connectivity index (χ3v) is 4.07. The van der Waals surface area contributed by atoms with Gasteiger partial charge in [-0.05, 0) is 37.1 Å². The normalized spacial score (nSPS) is 13.2. The molecule has 0 heterocycles. The van der Waals surface area contributed by atoms with Crippen molar-refractivity contribution in [3.05, 3.63) is 30.1 Å². The number of rotatable bonds is 6. The molecule has 0 aliphatic carbocycles. The predicted octanol–water partition coefficient (Wildman–Crippen LogP) is 1.69. The zero-order chi connectivity index (χ0) is 15.3. The summed E-state index contributed by atoms with van der Waals surface area (Å²) in [6, 6.07) is 3.39. The second-order valence-corrected chi connectivity index (χ2v) is 6.26. The summed E-state index contributed by atoms with van der Waals surface area (Å²) >= 11 is 0. The van der Waals surface area contributed by atoms with Crippen LogP contribution < -0.4 is 4.72 Å². The molecule has 0 saturated heterocycles. The molecule has 1 rings (SSSR count). The Morgan fingerprint density at radius 1 is 1.30 bits per heavy atom. The van der Waals surface area contributed by atoms with Gasteiger partial charge in [-0.25, -0.2) is 12.8 Å². The minimum Gasteiger partial charge on any atom is -0.465 e. The molecular weight excluding hydrogens is 285 g/mol. The Morgan fingerprint density at radius 3 is 2.30 bits per heavy atom. The van der Waals surface area contributed by atoms with Gasteiger partial charge in [0.25, 0.3) is 0 Å². The van der Waals surface area contributed by atoms with Crippen LogP contribution in [0.5, 0.6) is 0 Å². The first kappa shape index (κ1) is 16.6. The van der Waals surface area contributed by atoms with Crippen molar-refractivity contribution in [2.75, 3.05) is 6.61 Å². The third-order valence-electron chi connectivity index (χ3n) is 2.61. The number of hydrogen-bond acceptors (Lipinski definition) is 4. The summed E-state index contributed by atoms with van der Waals surface area (Å²) in [6.45, 7) is 5.22. The van der Waals surface area contributed by atoms with Gasteiger partial charge in [-0.15, -0.1) is 0 Å². The molecule has 7 heteroatoms. The zero-order valence-corrected chi connectivity index (χ0v) is 12.4. The summed E-state index contributed by atoms with van der Waals surface area (Å²) in [5.74, 6) is -1.44. The van der Waals surface area contributed by atoms with E-state index in [-0.39, 0.29) is 17.4 Å². The molecule has 0 fully saturated rings. The maximum absolute atomic E-state index is 12.8. The standard InChI is InChI=1S/C13H18FNO4S/c1-4-19-13(16)12(9(2)3)15-20(17,18)11-7-5-10(14)6-8-11/h5-9,12,15H,4H2,1-3H3/t12-/m0/s1. The van der Waals surface area contributed by atoms with Crippen LogP contribution in [0.2, 0.25) is 0 Å². The van der Waals surface area contributed by atoms with E-state index in [1.165, 1.54) is 0 Å². The molecule has 1 aromatic rings. The topological polar surface area (TPSA) is 72.5 Å². The summed E-state index contributed by atoms with van der Waals surface area (Å²) in [6.07, 6.45) is 0. The Hall–Kier alpha value is -1.47. The monoisotopic (exact) mass is 303 g/mol. The van der Waals surface area contributed by atoms with Gasteiger partial charge in [0.15, 0.2) is 0 Å². The zero-order valence-electron chi connectivity index (χ0n) is 11.6. The van der Waals surface area contributed by atoms with E-state index in [4.69, 9.17) is 4.74 Å². The van der Waals surface area contributed by atoms with Crippen molar-refractivity contribution >= 4 is 16.0 Å². The Bertz CT molecular complexity index is 554. The summed E-state index contributed by atoms with van der Waals surface area (Å²) in [5, 5.41) is 0. The number of carbonyl (C=O) groups excluding carboxylic acids is 1. The molecule has 0 aliphatic rings. The van der Waals surface area contributed by atoms with Gasteiger partial charge in [-0.2, -0.15) is 4.72 Å². The van der Waals surface area contributed by atoms with Crippen molar-refractivity contribution in [3.63, 3.8) is 0 Å². The molecule has 1 N–H and O–H groups in total. The van der Waals surface area contributed by atoms with Gasteiger partial charge in [0.1, 0.15) is 11.9 Å². The van der Waals surface area contributed by atoms with Crippen LogP contribution in [0.25, 0.3) is 0 Å². The maximum Gasteiger partial charge on any atom is 0.324 e. The molecule has 0 aromatic heterocycles. The van der Waals surface area contributed by atoms with Crippen LogP contribution in [0.1, 0.15) is 20.8 Å². The predicted molar refractivity (Wildman–Crippen MR) is 72.0 cm³/mol. The molecule has 5 nitrogen and oxygen atoms in total. The third kappa shape index (κ3) is 4.28. The summed E-state index contributed by atoms with van der Waals surface area (Å²) in [4.78, 5) is 11.6. The molecule has 0 bridgehead atoms. The summed E-state index contributed by atoms with van der Waals surface area (Å²) < 4.78 is 44.2. The van der Waals surface area contributed by atoms with E-state index in [9.17, 15) is 17.6 Å². The van der Waals surface area contributed by atoms with Crippen molar-refractivity contribution in [1.82, 2.24) is 4.72 Å². The Kier molecular flexibility index (Phi) is 5.64. The quantitative estimate of drug-likeness (QED) is 0.812. The number of halogens is 1. The number of esters is 1. The van der Waals surface area contributed by atoms with Crippen LogP contribution in [0.15, 0.2) is 29.2 Å². The minimum absolute atomic E-state index is 0.103. The lowest BCUT2D eigenvalue weighted by Crippen LogP contribution is -2.45. The molecule has 112 valence electrons. The van der Waals surface area contributed by atoms with E-state index in [1.807, 2.05) is 0 Å². The van der Waals surface area contributed by atoms with Crippen molar-refractivity contribution in [1.29, 1.82) is 0 Å². The van der Waals surface area contributed by atoms with Gasteiger partial charge < -0.3 is 4.74 Å². The lowest BCUT2D eigenvalue weighted by molar-refractivity contribution is -0.146. The number of carbonyl (C=O) groups is 1. The molecular formula is C13H18FNO4S. The minimum atomic E-state index is -3.90. The van der Waals surface area contributed by atoms with Crippen molar-refractivity contribution in [2.24, 2.45) is 5.92 Å². The molecule has 20 heavy (non-hydrogen) atoms. The van der Waals surface area contributed by atoms with E-state index in [2.05, 4.69) is 4.72 Å². The van der Waals surface area contributed by atoms with Crippen LogP contribution in [-0.4, -0.2) is 27.0 Å². The van der Waals surface area contributed by atoms with Crippen LogP contribution in [0, 0.1) is 11.7 Å². The van der Waals surface area contributed by atoms with Crippen LogP contribution in [-0.2, 0) is 19.6 Å². The van der Waals surface area contributed by atoms with Crippen molar-refractivity contribution in [3.8, 4) is 0 Å². The summed E-state index contributed by atoms with van der Waals surface area (Å²) in [5.41, 5.74) is 0. The second kappa shape index (κ2) is 6.81. The summed E-state index contributed by atoms with van der Waals surface area (Å²) in [7, 11) is -3.90.